The summed E-state index contributed by atoms with van der Waals surface area (Å²) in [4.78, 5) is 55.6. The molecule has 3 aliphatic heterocycles. The van der Waals surface area contributed by atoms with Gasteiger partial charge in [0.25, 0.3) is 5.91 Å². The summed E-state index contributed by atoms with van der Waals surface area (Å²) in [5.41, 5.74) is 7.55. The zero-order chi connectivity index (χ0) is 45.4. The van der Waals surface area contributed by atoms with E-state index in [0.29, 0.717) is 103 Å². The Kier molecular flexibility index (Phi) is 17.4. The van der Waals surface area contributed by atoms with Gasteiger partial charge in [-0.15, -0.1) is 11.6 Å². The van der Waals surface area contributed by atoms with Gasteiger partial charge < -0.3 is 39.2 Å². The van der Waals surface area contributed by atoms with Crippen LogP contribution in [0.3, 0.4) is 0 Å². The fourth-order valence-electron chi connectivity index (χ4n) is 8.39. The van der Waals surface area contributed by atoms with Crippen molar-refractivity contribution in [3.05, 3.63) is 125 Å². The second-order valence-corrected chi connectivity index (χ2v) is 16.4. The first kappa shape index (κ1) is 47.2. The first-order valence-corrected chi connectivity index (χ1v) is 22.9. The lowest BCUT2D eigenvalue weighted by molar-refractivity contribution is -0.137. The summed E-state index contributed by atoms with van der Waals surface area (Å²) in [6.45, 7) is 7.40. The van der Waals surface area contributed by atoms with E-state index >= 15 is 0 Å². The summed E-state index contributed by atoms with van der Waals surface area (Å²) < 4.78 is 23.1. The number of carbonyl (C=O) groups excluding carboxylic acids is 4. The van der Waals surface area contributed by atoms with E-state index in [4.69, 9.17) is 30.5 Å². The topological polar surface area (TPSA) is 159 Å². The molecule has 0 bridgehead atoms. The van der Waals surface area contributed by atoms with Crippen LogP contribution >= 0.6 is 11.6 Å². The minimum absolute atomic E-state index is 0.0878. The van der Waals surface area contributed by atoms with Crippen LogP contribution in [0.15, 0.2) is 97.1 Å². The van der Waals surface area contributed by atoms with Crippen LogP contribution in [0.5, 0.6) is 11.5 Å². The highest BCUT2D eigenvalue weighted by atomic mass is 35.5. The molecule has 15 heteroatoms. The van der Waals surface area contributed by atoms with Crippen molar-refractivity contribution in [3.63, 3.8) is 0 Å². The number of ether oxygens (including phenoxy) is 4. The highest BCUT2D eigenvalue weighted by Crippen LogP contribution is 2.36. The molecule has 344 valence electrons. The molecule has 2 saturated heterocycles. The van der Waals surface area contributed by atoms with Crippen LogP contribution in [0.4, 0.5) is 5.69 Å². The second-order valence-electron chi connectivity index (χ2n) is 16.0. The van der Waals surface area contributed by atoms with Crippen molar-refractivity contribution in [1.29, 1.82) is 0 Å². The number of anilines is 1. The minimum Gasteiger partial charge on any atom is -0.508 e. The van der Waals surface area contributed by atoms with E-state index in [1.54, 1.807) is 18.2 Å². The number of benzene rings is 4. The van der Waals surface area contributed by atoms with Gasteiger partial charge in [0.2, 0.25) is 17.7 Å². The largest absolute Gasteiger partial charge is 0.508 e. The molecule has 4 aromatic rings. The Balaban J connectivity index is 0.724. The lowest BCUT2D eigenvalue weighted by Gasteiger charge is -2.34. The number of phenolic OH excluding ortho intramolecular Hbond substituents is 1. The zero-order valence-corrected chi connectivity index (χ0v) is 37.4. The number of nitrogens with one attached hydrogen (secondary N) is 2. The molecular formula is C50H58ClN5O9. The molecule has 2 fully saturated rings. The summed E-state index contributed by atoms with van der Waals surface area (Å²) in [5, 5.41) is 15.6. The summed E-state index contributed by atoms with van der Waals surface area (Å²) >= 11 is 6.31. The van der Waals surface area contributed by atoms with E-state index in [1.165, 1.54) is 4.90 Å². The average Bonchev–Trinajstić information content (AvgIpc) is 3.66. The van der Waals surface area contributed by atoms with Crippen molar-refractivity contribution in [2.24, 2.45) is 0 Å². The van der Waals surface area contributed by atoms with Crippen molar-refractivity contribution in [2.75, 3.05) is 96.7 Å². The van der Waals surface area contributed by atoms with Crippen LogP contribution in [0.25, 0.3) is 11.1 Å². The number of fused-ring (bicyclic) bond motifs is 1. The molecular weight excluding hydrogens is 850 g/mol. The molecule has 0 aliphatic carbocycles. The van der Waals surface area contributed by atoms with Crippen molar-refractivity contribution in [2.45, 2.75) is 38.3 Å². The van der Waals surface area contributed by atoms with Crippen LogP contribution in [-0.4, -0.2) is 141 Å². The molecule has 4 aromatic carbocycles. The van der Waals surface area contributed by atoms with Gasteiger partial charge in [-0.05, 0) is 77.1 Å². The van der Waals surface area contributed by atoms with E-state index in [9.17, 15) is 24.3 Å². The standard InChI is InChI=1S/C50H58ClN5O9/c51-21-19-41(36-5-2-1-3-6-36)48(37-9-13-39(57)14-10-37)38-11-15-40(16-12-38)65-30-27-54-23-25-55(26-24-54)47(59)20-28-62-31-33-64-34-32-63-29-22-52-44-8-4-7-42-43(44)35-56(50(42)61)45-17-18-46(58)53-49(45)60/h1-16,45,52,57H,17-35H2,(H,53,58,60). The van der Waals surface area contributed by atoms with Gasteiger partial charge in [-0.25, -0.2) is 0 Å². The normalized spacial score (nSPS) is 16.9. The Morgan fingerprint density at radius 2 is 1.42 bits per heavy atom. The fourth-order valence-corrected chi connectivity index (χ4v) is 8.58. The number of amides is 4. The van der Waals surface area contributed by atoms with Crippen LogP contribution in [-0.2, 0) is 35.1 Å². The Morgan fingerprint density at radius 1 is 0.738 bits per heavy atom. The number of carbonyl (C=O) groups is 4. The number of alkyl halides is 1. The number of allylic oxidation sites excluding steroid dienone is 1. The smallest absolute Gasteiger partial charge is 0.255 e. The van der Waals surface area contributed by atoms with Gasteiger partial charge in [0.05, 0.1) is 46.1 Å². The average molecular weight is 908 g/mol. The predicted molar refractivity (Wildman–Crippen MR) is 249 cm³/mol. The van der Waals surface area contributed by atoms with Crippen LogP contribution in [0.2, 0.25) is 0 Å². The molecule has 0 aromatic heterocycles. The summed E-state index contributed by atoms with van der Waals surface area (Å²) in [7, 11) is 0. The van der Waals surface area contributed by atoms with Gasteiger partial charge in [0, 0.05) is 74.9 Å². The number of nitrogens with zero attached hydrogens (tertiary/aromatic N) is 3. The van der Waals surface area contributed by atoms with Gasteiger partial charge >= 0.3 is 0 Å². The number of piperidine rings is 1. The van der Waals surface area contributed by atoms with Crippen LogP contribution < -0.4 is 15.4 Å². The molecule has 3 N–H and O–H groups in total. The molecule has 0 saturated carbocycles. The van der Waals surface area contributed by atoms with Gasteiger partial charge in [-0.3, -0.25) is 29.4 Å². The second kappa shape index (κ2) is 24.0. The van der Waals surface area contributed by atoms with E-state index in [0.717, 1.165) is 64.5 Å². The highest BCUT2D eigenvalue weighted by Gasteiger charge is 2.39. The fraction of sp³-hybridized carbons (Fsp3) is 0.400. The monoisotopic (exact) mass is 907 g/mol. The maximum atomic E-state index is 13.0. The third kappa shape index (κ3) is 13.0. The SMILES string of the molecule is O=C1CCC(N2Cc3c(NCCOCCOCCOCCC(=O)N4CCN(CCOc5ccc(C(=C(CCCl)c6ccccc6)c6ccc(O)cc6)cc5)CC4)cccc3C2=O)C(=O)N1. The van der Waals surface area contributed by atoms with Crippen molar-refractivity contribution in [1.82, 2.24) is 20.0 Å². The maximum absolute atomic E-state index is 13.0. The third-order valence-electron chi connectivity index (χ3n) is 11.8. The van der Waals surface area contributed by atoms with E-state index in [2.05, 4.69) is 39.8 Å². The molecule has 1 unspecified atom stereocenters. The molecule has 0 spiro atoms. The van der Waals surface area contributed by atoms with Gasteiger partial charge in [-0.1, -0.05) is 60.7 Å². The number of halogens is 1. The molecule has 65 heavy (non-hydrogen) atoms. The number of phenols is 1. The zero-order valence-electron chi connectivity index (χ0n) is 36.7. The molecule has 4 amide bonds. The van der Waals surface area contributed by atoms with E-state index in [1.807, 2.05) is 59.5 Å². The summed E-state index contributed by atoms with van der Waals surface area (Å²) in [6.07, 6.45) is 1.55. The van der Waals surface area contributed by atoms with Gasteiger partial charge in [-0.2, -0.15) is 0 Å². The first-order chi connectivity index (χ1) is 31.8. The number of piperazine rings is 1. The molecule has 3 heterocycles. The Bertz CT molecular complexity index is 2250. The maximum Gasteiger partial charge on any atom is 0.255 e. The first-order valence-electron chi connectivity index (χ1n) is 22.4. The molecule has 0 radical (unpaired) electrons. The number of imide groups is 1. The number of rotatable bonds is 23. The summed E-state index contributed by atoms with van der Waals surface area (Å²) in [5.74, 6) is 0.625. The minimum atomic E-state index is -0.652. The molecule has 1 atom stereocenters. The Morgan fingerprint density at radius 3 is 2.11 bits per heavy atom. The van der Waals surface area contributed by atoms with Crippen molar-refractivity contribution in [3.8, 4) is 11.5 Å². The third-order valence-corrected chi connectivity index (χ3v) is 12.0. The van der Waals surface area contributed by atoms with Crippen molar-refractivity contribution >= 4 is 52.1 Å². The number of hydrogen-bond donors (Lipinski definition) is 3. The van der Waals surface area contributed by atoms with Gasteiger partial charge in [0.15, 0.2) is 0 Å². The van der Waals surface area contributed by atoms with Gasteiger partial charge in [0.1, 0.15) is 24.1 Å². The lowest BCUT2D eigenvalue weighted by Crippen LogP contribution is -2.52. The van der Waals surface area contributed by atoms with E-state index < -0.39 is 11.9 Å². The highest BCUT2D eigenvalue weighted by molar-refractivity contribution is 6.18. The van der Waals surface area contributed by atoms with Crippen molar-refractivity contribution < 1.29 is 43.2 Å². The predicted octanol–water partition coefficient (Wildman–Crippen LogP) is 5.82. The molecule has 14 nitrogen and oxygen atoms in total. The number of aromatic hydroxyl groups is 1. The molecule has 7 rings (SSSR count). The van der Waals surface area contributed by atoms with Crippen LogP contribution in [0, 0.1) is 0 Å². The number of hydrogen-bond acceptors (Lipinski definition) is 11. The molecule has 3 aliphatic rings. The van der Waals surface area contributed by atoms with E-state index in [-0.39, 0.29) is 29.9 Å². The Hall–Kier alpha value is -5.77. The quantitative estimate of drug-likeness (QED) is 0.0357. The summed E-state index contributed by atoms with van der Waals surface area (Å²) in [6, 6.07) is 30.5. The Labute approximate surface area is 385 Å². The lowest BCUT2D eigenvalue weighted by atomic mass is 9.88. The van der Waals surface area contributed by atoms with Crippen LogP contribution in [0.1, 0.15) is 58.3 Å².